The molecular weight excluding hydrogens is 238 g/mol. The Morgan fingerprint density at radius 3 is 3.06 bits per heavy atom. The molecule has 0 saturated heterocycles. The van der Waals surface area contributed by atoms with E-state index in [9.17, 15) is 0 Å². The SMILES string of the molecule is CCc1n[nH]c(=S)n1C1CCCC(SC)C1. The molecule has 0 radical (unpaired) electrons. The molecule has 1 N–H and O–H groups in total. The van der Waals surface area contributed by atoms with Gasteiger partial charge in [0.05, 0.1) is 0 Å². The highest BCUT2D eigenvalue weighted by atomic mass is 32.2. The van der Waals surface area contributed by atoms with Crippen molar-refractivity contribution >= 4 is 24.0 Å². The first-order chi connectivity index (χ1) is 7.76. The van der Waals surface area contributed by atoms with Gasteiger partial charge in [-0.25, -0.2) is 0 Å². The smallest absolute Gasteiger partial charge is 0.195 e. The van der Waals surface area contributed by atoms with Crippen molar-refractivity contribution in [1.29, 1.82) is 0 Å². The van der Waals surface area contributed by atoms with Gasteiger partial charge in [-0.2, -0.15) is 16.9 Å². The standard InChI is InChI=1S/C11H19N3S2/c1-3-10-12-13-11(15)14(10)8-5-4-6-9(7-8)16-2/h8-9H,3-7H2,1-2H3,(H,13,15). The molecule has 0 amide bonds. The number of aromatic nitrogens is 3. The largest absolute Gasteiger partial charge is 0.301 e. The van der Waals surface area contributed by atoms with Crippen molar-refractivity contribution in [2.45, 2.75) is 50.3 Å². The Morgan fingerprint density at radius 2 is 2.38 bits per heavy atom. The van der Waals surface area contributed by atoms with Crippen molar-refractivity contribution in [2.75, 3.05) is 6.26 Å². The molecule has 0 bridgehead atoms. The van der Waals surface area contributed by atoms with E-state index in [4.69, 9.17) is 12.2 Å². The van der Waals surface area contributed by atoms with Crippen LogP contribution in [0, 0.1) is 4.77 Å². The van der Waals surface area contributed by atoms with Gasteiger partial charge < -0.3 is 4.57 Å². The molecular formula is C11H19N3S2. The summed E-state index contributed by atoms with van der Waals surface area (Å²) in [7, 11) is 0. The number of hydrogen-bond donors (Lipinski definition) is 1. The minimum absolute atomic E-state index is 0.562. The molecule has 2 rings (SSSR count). The molecule has 90 valence electrons. The lowest BCUT2D eigenvalue weighted by molar-refractivity contribution is 0.350. The molecule has 0 aliphatic heterocycles. The van der Waals surface area contributed by atoms with Crippen LogP contribution in [0.1, 0.15) is 44.5 Å². The van der Waals surface area contributed by atoms with Gasteiger partial charge in [0.1, 0.15) is 5.82 Å². The van der Waals surface area contributed by atoms with Gasteiger partial charge in [-0.05, 0) is 37.7 Å². The van der Waals surface area contributed by atoms with Crippen LogP contribution in [0.3, 0.4) is 0 Å². The van der Waals surface area contributed by atoms with E-state index >= 15 is 0 Å². The van der Waals surface area contributed by atoms with E-state index in [1.165, 1.54) is 25.7 Å². The lowest BCUT2D eigenvalue weighted by Crippen LogP contribution is -2.22. The van der Waals surface area contributed by atoms with Crippen LogP contribution in [-0.4, -0.2) is 26.3 Å². The van der Waals surface area contributed by atoms with E-state index < -0.39 is 0 Å². The van der Waals surface area contributed by atoms with Crippen LogP contribution in [0.25, 0.3) is 0 Å². The maximum atomic E-state index is 5.33. The summed E-state index contributed by atoms with van der Waals surface area (Å²) in [5, 5.41) is 8.02. The van der Waals surface area contributed by atoms with Gasteiger partial charge in [-0.1, -0.05) is 13.3 Å². The Kier molecular flexibility index (Phi) is 4.08. The first-order valence-corrected chi connectivity index (χ1v) is 7.64. The minimum Gasteiger partial charge on any atom is -0.301 e. The Hall–Kier alpha value is -0.290. The fourth-order valence-electron chi connectivity index (χ4n) is 2.53. The molecule has 3 nitrogen and oxygen atoms in total. The Bertz CT molecular complexity index is 396. The third kappa shape index (κ3) is 2.35. The summed E-state index contributed by atoms with van der Waals surface area (Å²) in [5.74, 6) is 1.11. The van der Waals surface area contributed by atoms with Crippen LogP contribution >= 0.6 is 24.0 Å². The number of thioether (sulfide) groups is 1. The summed E-state index contributed by atoms with van der Waals surface area (Å²) in [5.41, 5.74) is 0. The van der Waals surface area contributed by atoms with Gasteiger partial charge in [0.15, 0.2) is 4.77 Å². The van der Waals surface area contributed by atoms with Gasteiger partial charge in [-0.15, -0.1) is 0 Å². The van der Waals surface area contributed by atoms with Gasteiger partial charge in [0.25, 0.3) is 0 Å². The summed E-state index contributed by atoms with van der Waals surface area (Å²) in [4.78, 5) is 0. The second kappa shape index (κ2) is 5.36. The number of aromatic amines is 1. The summed E-state index contributed by atoms with van der Waals surface area (Å²) in [6.07, 6.45) is 8.31. The molecule has 1 aliphatic rings. The Labute approximate surface area is 106 Å². The predicted octanol–water partition coefficient (Wildman–Crippen LogP) is 3.35. The Balaban J connectivity index is 2.22. The molecule has 1 aromatic rings. The van der Waals surface area contributed by atoms with Gasteiger partial charge in [0, 0.05) is 17.7 Å². The molecule has 2 atom stereocenters. The average Bonchev–Trinajstić information content (AvgIpc) is 2.70. The molecule has 1 aliphatic carbocycles. The maximum Gasteiger partial charge on any atom is 0.195 e. The monoisotopic (exact) mass is 257 g/mol. The second-order valence-electron chi connectivity index (χ2n) is 4.35. The molecule has 1 heterocycles. The summed E-state index contributed by atoms with van der Waals surface area (Å²) < 4.78 is 3.04. The van der Waals surface area contributed by atoms with Gasteiger partial charge in [-0.3, -0.25) is 5.10 Å². The minimum atomic E-state index is 0.562. The maximum absolute atomic E-state index is 5.33. The zero-order valence-corrected chi connectivity index (χ0v) is 11.5. The summed E-state index contributed by atoms with van der Waals surface area (Å²) in [6.45, 7) is 2.14. The van der Waals surface area contributed by atoms with Gasteiger partial charge >= 0.3 is 0 Å². The molecule has 0 aromatic carbocycles. The zero-order chi connectivity index (χ0) is 11.5. The van der Waals surface area contributed by atoms with Crippen LogP contribution < -0.4 is 0 Å². The molecule has 16 heavy (non-hydrogen) atoms. The van der Waals surface area contributed by atoms with E-state index in [0.717, 1.165) is 22.3 Å². The zero-order valence-electron chi connectivity index (χ0n) is 9.90. The molecule has 1 fully saturated rings. The highest BCUT2D eigenvalue weighted by molar-refractivity contribution is 7.99. The van der Waals surface area contributed by atoms with Crippen molar-refractivity contribution in [3.05, 3.63) is 10.6 Å². The van der Waals surface area contributed by atoms with E-state index in [1.807, 2.05) is 11.8 Å². The lowest BCUT2D eigenvalue weighted by Gasteiger charge is -2.29. The topological polar surface area (TPSA) is 33.6 Å². The Morgan fingerprint density at radius 1 is 1.56 bits per heavy atom. The van der Waals surface area contributed by atoms with Crippen molar-refractivity contribution in [1.82, 2.24) is 14.8 Å². The lowest BCUT2D eigenvalue weighted by atomic mass is 9.94. The van der Waals surface area contributed by atoms with Crippen LogP contribution in [0.15, 0.2) is 0 Å². The molecule has 1 saturated carbocycles. The van der Waals surface area contributed by atoms with Crippen molar-refractivity contribution < 1.29 is 0 Å². The summed E-state index contributed by atoms with van der Waals surface area (Å²) in [6, 6.07) is 0.562. The van der Waals surface area contributed by atoms with Crippen molar-refractivity contribution in [2.24, 2.45) is 0 Å². The number of nitrogens with zero attached hydrogens (tertiary/aromatic N) is 2. The van der Waals surface area contributed by atoms with Crippen LogP contribution in [0.4, 0.5) is 0 Å². The average molecular weight is 257 g/mol. The number of rotatable bonds is 3. The molecule has 5 heteroatoms. The van der Waals surface area contributed by atoms with E-state index in [1.54, 1.807) is 0 Å². The van der Waals surface area contributed by atoms with Crippen molar-refractivity contribution in [3.63, 3.8) is 0 Å². The van der Waals surface area contributed by atoms with Gasteiger partial charge in [0.2, 0.25) is 0 Å². The fraction of sp³-hybridized carbons (Fsp3) is 0.818. The third-order valence-electron chi connectivity index (χ3n) is 3.39. The summed E-state index contributed by atoms with van der Waals surface area (Å²) >= 11 is 7.32. The third-order valence-corrected chi connectivity index (χ3v) is 4.77. The number of aryl methyl sites for hydroxylation is 1. The molecule has 1 aromatic heterocycles. The predicted molar refractivity (Wildman–Crippen MR) is 71.6 cm³/mol. The number of nitrogens with one attached hydrogen (secondary N) is 1. The number of H-pyrrole nitrogens is 1. The van der Waals surface area contributed by atoms with Crippen molar-refractivity contribution in [3.8, 4) is 0 Å². The molecule has 2 unspecified atom stereocenters. The second-order valence-corrected chi connectivity index (χ2v) is 5.87. The normalized spacial score (nSPS) is 25.9. The highest BCUT2D eigenvalue weighted by Gasteiger charge is 2.24. The number of hydrogen-bond acceptors (Lipinski definition) is 3. The first-order valence-electron chi connectivity index (χ1n) is 5.94. The first kappa shape index (κ1) is 12.2. The highest BCUT2D eigenvalue weighted by Crippen LogP contribution is 2.34. The van der Waals surface area contributed by atoms with Crippen LogP contribution in [0.2, 0.25) is 0 Å². The fourth-order valence-corrected chi connectivity index (χ4v) is 3.65. The van der Waals surface area contributed by atoms with E-state index in [-0.39, 0.29) is 0 Å². The van der Waals surface area contributed by atoms with Crippen LogP contribution in [0.5, 0.6) is 0 Å². The molecule has 0 spiro atoms. The quantitative estimate of drug-likeness (QED) is 0.843. The van der Waals surface area contributed by atoms with Crippen LogP contribution in [-0.2, 0) is 6.42 Å². The van der Waals surface area contributed by atoms with E-state index in [0.29, 0.717) is 6.04 Å². The van der Waals surface area contributed by atoms with E-state index in [2.05, 4.69) is 27.9 Å².